The Balaban J connectivity index is 2.95. The molecule has 0 aliphatic rings. The van der Waals surface area contributed by atoms with E-state index in [0.29, 0.717) is 3.57 Å². The van der Waals surface area contributed by atoms with Gasteiger partial charge in [0.1, 0.15) is 0 Å². The molecule has 8 heteroatoms. The van der Waals surface area contributed by atoms with Gasteiger partial charge in [-0.2, -0.15) is 0 Å². The van der Waals surface area contributed by atoms with E-state index in [0.717, 1.165) is 0 Å². The van der Waals surface area contributed by atoms with Crippen LogP contribution in [0.1, 0.15) is 17.3 Å². The number of amides is 2. The molecule has 7 nitrogen and oxygen atoms in total. The van der Waals surface area contributed by atoms with Crippen molar-refractivity contribution in [2.24, 2.45) is 5.92 Å². The lowest BCUT2D eigenvalue weighted by molar-refractivity contribution is -0.384. The molecular weight excluding hydrogens is 389 g/mol. The number of nitro groups is 1. The molecule has 0 aliphatic heterocycles. The summed E-state index contributed by atoms with van der Waals surface area (Å²) >= 11 is 1.95. The van der Waals surface area contributed by atoms with E-state index in [-0.39, 0.29) is 35.5 Å². The molecule has 1 rings (SSSR count). The molecule has 0 saturated carbocycles. The summed E-state index contributed by atoms with van der Waals surface area (Å²) in [6, 6.07) is 4.14. The van der Waals surface area contributed by atoms with Crippen LogP contribution in [0.25, 0.3) is 0 Å². The van der Waals surface area contributed by atoms with Gasteiger partial charge in [-0.05, 0) is 28.7 Å². The molecule has 0 aromatic heterocycles. The Bertz CT molecular complexity index is 577. The van der Waals surface area contributed by atoms with Gasteiger partial charge in [-0.1, -0.05) is 6.92 Å². The van der Waals surface area contributed by atoms with Crippen molar-refractivity contribution in [3.63, 3.8) is 0 Å². The van der Waals surface area contributed by atoms with E-state index in [1.54, 1.807) is 14.0 Å². The van der Waals surface area contributed by atoms with Crippen molar-refractivity contribution in [1.29, 1.82) is 0 Å². The standard InChI is InChI=1S/C13H16IN3O4/c1-8(12(18)15-2)7-16(3)13(19)10-6-9(17(20)21)4-5-11(10)14/h4-6,8H,7H2,1-3H3,(H,15,18). The summed E-state index contributed by atoms with van der Waals surface area (Å²) in [4.78, 5) is 35.5. The van der Waals surface area contributed by atoms with E-state index in [1.165, 1.54) is 30.1 Å². The third kappa shape index (κ3) is 4.38. The molecule has 1 aromatic carbocycles. The molecular formula is C13H16IN3O4. The van der Waals surface area contributed by atoms with Gasteiger partial charge in [0.05, 0.1) is 16.4 Å². The molecule has 114 valence electrons. The number of carbonyl (C=O) groups is 2. The highest BCUT2D eigenvalue weighted by Gasteiger charge is 2.21. The molecule has 0 heterocycles. The van der Waals surface area contributed by atoms with Crippen LogP contribution in [0.5, 0.6) is 0 Å². The van der Waals surface area contributed by atoms with Crippen molar-refractivity contribution in [1.82, 2.24) is 10.2 Å². The van der Waals surface area contributed by atoms with Crippen molar-refractivity contribution in [2.45, 2.75) is 6.92 Å². The molecule has 0 spiro atoms. The molecule has 1 aromatic rings. The van der Waals surface area contributed by atoms with Crippen molar-refractivity contribution in [3.8, 4) is 0 Å². The van der Waals surface area contributed by atoms with Crippen LogP contribution in [0.4, 0.5) is 5.69 Å². The number of nitro benzene ring substituents is 1. The van der Waals surface area contributed by atoms with Crippen LogP contribution in [0.2, 0.25) is 0 Å². The second kappa shape index (κ2) is 7.34. The number of non-ortho nitro benzene ring substituents is 1. The average molecular weight is 405 g/mol. The van der Waals surface area contributed by atoms with Crippen LogP contribution in [-0.2, 0) is 4.79 Å². The van der Waals surface area contributed by atoms with Gasteiger partial charge < -0.3 is 10.2 Å². The minimum Gasteiger partial charge on any atom is -0.359 e. The van der Waals surface area contributed by atoms with Crippen LogP contribution < -0.4 is 5.32 Å². The lowest BCUT2D eigenvalue weighted by Gasteiger charge is -2.21. The number of carbonyl (C=O) groups excluding carboxylic acids is 2. The topological polar surface area (TPSA) is 92.6 Å². The molecule has 0 saturated heterocycles. The van der Waals surface area contributed by atoms with Gasteiger partial charge in [0.25, 0.3) is 11.6 Å². The third-order valence-electron chi connectivity index (χ3n) is 2.98. The average Bonchev–Trinajstić information content (AvgIpc) is 2.45. The maximum atomic E-state index is 12.4. The zero-order valence-electron chi connectivity index (χ0n) is 11.9. The fraction of sp³-hybridized carbons (Fsp3) is 0.385. The second-order valence-corrected chi connectivity index (χ2v) is 5.78. The van der Waals surface area contributed by atoms with Gasteiger partial charge in [0.15, 0.2) is 0 Å². The quantitative estimate of drug-likeness (QED) is 0.458. The van der Waals surface area contributed by atoms with Crippen molar-refractivity contribution < 1.29 is 14.5 Å². The van der Waals surface area contributed by atoms with E-state index < -0.39 is 4.92 Å². The SMILES string of the molecule is CNC(=O)C(C)CN(C)C(=O)c1cc([N+](=O)[O-])ccc1I. The fourth-order valence-corrected chi connectivity index (χ4v) is 2.39. The second-order valence-electron chi connectivity index (χ2n) is 4.62. The van der Waals surface area contributed by atoms with Crippen LogP contribution in [0.15, 0.2) is 18.2 Å². The first-order valence-corrected chi connectivity index (χ1v) is 7.26. The largest absolute Gasteiger partial charge is 0.359 e. The monoisotopic (exact) mass is 405 g/mol. The zero-order chi connectivity index (χ0) is 16.2. The Labute approximate surface area is 136 Å². The summed E-state index contributed by atoms with van der Waals surface area (Å²) in [6.45, 7) is 1.94. The highest BCUT2D eigenvalue weighted by Crippen LogP contribution is 2.21. The van der Waals surface area contributed by atoms with Crippen molar-refractivity contribution in [2.75, 3.05) is 20.6 Å². The molecule has 21 heavy (non-hydrogen) atoms. The first-order chi connectivity index (χ1) is 9.77. The van der Waals surface area contributed by atoms with Crippen LogP contribution >= 0.6 is 22.6 Å². The van der Waals surface area contributed by atoms with Crippen LogP contribution in [-0.4, -0.2) is 42.3 Å². The van der Waals surface area contributed by atoms with Gasteiger partial charge in [-0.3, -0.25) is 19.7 Å². The van der Waals surface area contributed by atoms with Gasteiger partial charge >= 0.3 is 0 Å². The summed E-state index contributed by atoms with van der Waals surface area (Å²) in [5.41, 5.74) is 0.128. The predicted molar refractivity (Wildman–Crippen MR) is 86.0 cm³/mol. The number of halogens is 1. The summed E-state index contributed by atoms with van der Waals surface area (Å²) in [5.74, 6) is -0.873. The first-order valence-electron chi connectivity index (χ1n) is 6.19. The van der Waals surface area contributed by atoms with Crippen LogP contribution in [0, 0.1) is 19.6 Å². The summed E-state index contributed by atoms with van der Waals surface area (Å²) in [6.07, 6.45) is 0. The smallest absolute Gasteiger partial charge is 0.270 e. The number of rotatable bonds is 5. The molecule has 0 fully saturated rings. The third-order valence-corrected chi connectivity index (χ3v) is 3.92. The number of hydrogen-bond donors (Lipinski definition) is 1. The Morgan fingerprint density at radius 1 is 1.48 bits per heavy atom. The zero-order valence-corrected chi connectivity index (χ0v) is 14.1. The van der Waals surface area contributed by atoms with Crippen molar-refractivity contribution in [3.05, 3.63) is 37.4 Å². The number of nitrogens with one attached hydrogen (secondary N) is 1. The highest BCUT2D eigenvalue weighted by molar-refractivity contribution is 14.1. The summed E-state index contributed by atoms with van der Waals surface area (Å²) in [7, 11) is 3.10. The van der Waals surface area contributed by atoms with Gasteiger partial charge in [0, 0.05) is 36.3 Å². The van der Waals surface area contributed by atoms with Crippen LogP contribution in [0.3, 0.4) is 0 Å². The Morgan fingerprint density at radius 2 is 2.10 bits per heavy atom. The Kier molecular flexibility index (Phi) is 6.06. The Hall–Kier alpha value is -1.71. The maximum absolute atomic E-state index is 12.4. The molecule has 1 unspecified atom stereocenters. The molecule has 2 amide bonds. The number of benzene rings is 1. The predicted octanol–water partition coefficient (Wildman–Crippen LogP) is 1.65. The number of nitrogens with zero attached hydrogens (tertiary/aromatic N) is 2. The van der Waals surface area contributed by atoms with Gasteiger partial charge in [-0.15, -0.1) is 0 Å². The van der Waals surface area contributed by atoms with Gasteiger partial charge in [-0.25, -0.2) is 0 Å². The molecule has 1 N–H and O–H groups in total. The van der Waals surface area contributed by atoms with E-state index in [9.17, 15) is 19.7 Å². The van der Waals surface area contributed by atoms with E-state index in [1.807, 2.05) is 22.6 Å². The van der Waals surface area contributed by atoms with E-state index in [2.05, 4.69) is 5.32 Å². The lowest BCUT2D eigenvalue weighted by Crippen LogP contribution is -2.37. The minimum absolute atomic E-state index is 0.133. The van der Waals surface area contributed by atoms with Gasteiger partial charge in [0.2, 0.25) is 5.91 Å². The summed E-state index contributed by atoms with van der Waals surface area (Å²) < 4.78 is 0.627. The fourth-order valence-electron chi connectivity index (χ4n) is 1.82. The molecule has 0 aliphatic carbocycles. The normalized spacial score (nSPS) is 11.6. The molecule has 1 atom stereocenters. The van der Waals surface area contributed by atoms with Crippen molar-refractivity contribution >= 4 is 40.1 Å². The maximum Gasteiger partial charge on any atom is 0.270 e. The summed E-state index contributed by atoms with van der Waals surface area (Å²) in [5, 5.41) is 13.3. The first kappa shape index (κ1) is 17.3. The Morgan fingerprint density at radius 3 is 2.62 bits per heavy atom. The lowest BCUT2D eigenvalue weighted by atomic mass is 10.1. The molecule has 0 bridgehead atoms. The number of hydrogen-bond acceptors (Lipinski definition) is 4. The molecule has 0 radical (unpaired) electrons. The minimum atomic E-state index is -0.542. The van der Waals surface area contributed by atoms with E-state index in [4.69, 9.17) is 0 Å². The highest BCUT2D eigenvalue weighted by atomic mass is 127. The van der Waals surface area contributed by atoms with E-state index >= 15 is 0 Å².